The van der Waals surface area contributed by atoms with Gasteiger partial charge in [0.2, 0.25) is 0 Å². The number of anilines is 3. The molecule has 1 spiro atoms. The molecule has 0 aromatic carbocycles. The molecule has 9 heteroatoms. The summed E-state index contributed by atoms with van der Waals surface area (Å²) in [5, 5.41) is 0.993. The lowest BCUT2D eigenvalue weighted by atomic mass is 9.74. The minimum absolute atomic E-state index is 0.113. The summed E-state index contributed by atoms with van der Waals surface area (Å²) in [6.45, 7) is 5.92. The molecule has 4 rings (SSSR count). The molecule has 1 saturated heterocycles. The van der Waals surface area contributed by atoms with Crippen molar-refractivity contribution in [3.8, 4) is 0 Å². The van der Waals surface area contributed by atoms with Crippen molar-refractivity contribution in [3.63, 3.8) is 0 Å². The second-order valence-corrected chi connectivity index (χ2v) is 8.92. The van der Waals surface area contributed by atoms with Gasteiger partial charge < -0.3 is 22.1 Å². The van der Waals surface area contributed by atoms with Crippen LogP contribution >= 0.6 is 23.4 Å². The van der Waals surface area contributed by atoms with Gasteiger partial charge in [-0.15, -0.1) is 0 Å². The Labute approximate surface area is 173 Å². The van der Waals surface area contributed by atoms with Crippen molar-refractivity contribution in [1.29, 1.82) is 0 Å². The lowest BCUT2D eigenvalue weighted by Gasteiger charge is -2.42. The summed E-state index contributed by atoms with van der Waals surface area (Å²) < 4.78 is 0. The van der Waals surface area contributed by atoms with Crippen molar-refractivity contribution in [2.24, 2.45) is 11.1 Å². The van der Waals surface area contributed by atoms with Gasteiger partial charge in [0.15, 0.2) is 5.82 Å². The van der Waals surface area contributed by atoms with Crippen LogP contribution in [0.4, 0.5) is 17.5 Å². The number of aromatic nitrogens is 3. The zero-order chi connectivity index (χ0) is 19.9. The second-order valence-electron chi connectivity index (χ2n) is 7.51. The summed E-state index contributed by atoms with van der Waals surface area (Å²) in [4.78, 5) is 16.0. The van der Waals surface area contributed by atoms with Crippen LogP contribution < -0.4 is 22.1 Å². The quantitative estimate of drug-likeness (QED) is 0.651. The molecule has 0 bridgehead atoms. The summed E-state index contributed by atoms with van der Waals surface area (Å²) in [7, 11) is 0. The molecule has 28 heavy (non-hydrogen) atoms. The molecule has 2 fully saturated rings. The standard InChI is InChI=1S/C19H24ClN7S/c1-11-2-4-19(15(11)21)5-8-27(9-6-19)13-10-25-18(17(23)26-13)28-12-3-7-24-16(22)14(12)20/h3,7,10,15H,1-2,4-6,8-9,21H2,(H2,22,24)(H2,23,26)/t15-/m1/s1. The zero-order valence-electron chi connectivity index (χ0n) is 15.6. The third kappa shape index (κ3) is 3.40. The largest absolute Gasteiger partial charge is 0.382 e. The third-order valence-electron chi connectivity index (χ3n) is 5.97. The molecular formula is C19H24ClN7S. The Morgan fingerprint density at radius 1 is 1.18 bits per heavy atom. The van der Waals surface area contributed by atoms with E-state index in [1.807, 2.05) is 0 Å². The highest BCUT2D eigenvalue weighted by molar-refractivity contribution is 7.99. The van der Waals surface area contributed by atoms with Gasteiger partial charge >= 0.3 is 0 Å². The van der Waals surface area contributed by atoms with Gasteiger partial charge in [0, 0.05) is 30.2 Å². The number of hydrogen-bond acceptors (Lipinski definition) is 8. The average Bonchev–Trinajstić information content (AvgIpc) is 2.96. The van der Waals surface area contributed by atoms with Crippen LogP contribution in [0.5, 0.6) is 0 Å². The molecular weight excluding hydrogens is 394 g/mol. The molecule has 2 aromatic heterocycles. The van der Waals surface area contributed by atoms with Crippen LogP contribution in [0, 0.1) is 5.41 Å². The third-order valence-corrected chi connectivity index (χ3v) is 7.54. The molecule has 1 aliphatic carbocycles. The Hall–Kier alpha value is -2.03. The molecule has 7 nitrogen and oxygen atoms in total. The van der Waals surface area contributed by atoms with Gasteiger partial charge in [-0.2, -0.15) is 0 Å². The van der Waals surface area contributed by atoms with E-state index in [1.54, 1.807) is 18.5 Å². The first kappa shape index (κ1) is 19.3. The number of nitrogens with two attached hydrogens (primary N) is 3. The van der Waals surface area contributed by atoms with E-state index in [-0.39, 0.29) is 17.3 Å². The van der Waals surface area contributed by atoms with Crippen LogP contribution in [0.25, 0.3) is 0 Å². The normalized spacial score (nSPS) is 21.4. The maximum absolute atomic E-state index is 6.42. The smallest absolute Gasteiger partial charge is 0.158 e. The summed E-state index contributed by atoms with van der Waals surface area (Å²) in [5.41, 5.74) is 19.7. The van der Waals surface area contributed by atoms with E-state index < -0.39 is 0 Å². The van der Waals surface area contributed by atoms with E-state index in [9.17, 15) is 0 Å². The van der Waals surface area contributed by atoms with E-state index in [2.05, 4.69) is 26.4 Å². The molecule has 2 aliphatic rings. The van der Waals surface area contributed by atoms with Gasteiger partial charge in [0.1, 0.15) is 16.7 Å². The first-order valence-electron chi connectivity index (χ1n) is 9.28. The van der Waals surface area contributed by atoms with Gasteiger partial charge in [-0.05, 0) is 37.2 Å². The topological polar surface area (TPSA) is 120 Å². The fraction of sp³-hybridized carbons (Fsp3) is 0.421. The maximum atomic E-state index is 6.42. The summed E-state index contributed by atoms with van der Waals surface area (Å²) in [5.74, 6) is 1.45. The number of pyridine rings is 1. The fourth-order valence-electron chi connectivity index (χ4n) is 4.13. The zero-order valence-corrected chi connectivity index (χ0v) is 17.1. The minimum atomic E-state index is 0.113. The predicted octanol–water partition coefficient (Wildman–Crippen LogP) is 3.10. The van der Waals surface area contributed by atoms with E-state index in [0.717, 1.165) is 49.5 Å². The number of rotatable bonds is 3. The molecule has 0 amide bonds. The maximum Gasteiger partial charge on any atom is 0.158 e. The Morgan fingerprint density at radius 2 is 1.93 bits per heavy atom. The van der Waals surface area contributed by atoms with Crippen molar-refractivity contribution in [3.05, 3.63) is 35.6 Å². The molecule has 6 N–H and O–H groups in total. The van der Waals surface area contributed by atoms with Crippen LogP contribution in [0.15, 0.2) is 40.5 Å². The molecule has 1 aliphatic heterocycles. The average molecular weight is 418 g/mol. The summed E-state index contributed by atoms with van der Waals surface area (Å²) in [6.07, 6.45) is 7.63. The van der Waals surface area contributed by atoms with E-state index in [4.69, 9.17) is 28.8 Å². The number of nitrogens with zero attached hydrogens (tertiary/aromatic N) is 4. The van der Waals surface area contributed by atoms with Gasteiger partial charge in [-0.1, -0.05) is 35.5 Å². The van der Waals surface area contributed by atoms with E-state index >= 15 is 0 Å². The number of piperidine rings is 1. The Morgan fingerprint density at radius 3 is 2.57 bits per heavy atom. The summed E-state index contributed by atoms with van der Waals surface area (Å²) in [6, 6.07) is 1.89. The molecule has 2 aromatic rings. The van der Waals surface area contributed by atoms with Gasteiger partial charge in [0.25, 0.3) is 0 Å². The number of nitrogen functional groups attached to an aromatic ring is 2. The second kappa shape index (κ2) is 7.42. The van der Waals surface area contributed by atoms with Gasteiger partial charge in [-0.25, -0.2) is 15.0 Å². The lowest BCUT2D eigenvalue weighted by molar-refractivity contribution is 0.205. The van der Waals surface area contributed by atoms with Crippen LogP contribution in [0.3, 0.4) is 0 Å². The fourth-order valence-corrected chi connectivity index (χ4v) is 5.15. The van der Waals surface area contributed by atoms with Crippen molar-refractivity contribution in [2.75, 3.05) is 29.5 Å². The first-order valence-corrected chi connectivity index (χ1v) is 10.5. The van der Waals surface area contributed by atoms with E-state index in [1.165, 1.54) is 17.3 Å². The van der Waals surface area contributed by atoms with Crippen molar-refractivity contribution in [2.45, 2.75) is 41.6 Å². The van der Waals surface area contributed by atoms with Gasteiger partial charge in [0.05, 0.1) is 11.2 Å². The predicted molar refractivity (Wildman–Crippen MR) is 114 cm³/mol. The number of hydrogen-bond donors (Lipinski definition) is 3. The molecule has 1 atom stereocenters. The highest BCUT2D eigenvalue weighted by atomic mass is 35.5. The first-order chi connectivity index (χ1) is 13.4. The van der Waals surface area contributed by atoms with Crippen LogP contribution in [0.1, 0.15) is 25.7 Å². The van der Waals surface area contributed by atoms with Crippen LogP contribution in [0.2, 0.25) is 5.02 Å². The van der Waals surface area contributed by atoms with Crippen molar-refractivity contribution in [1.82, 2.24) is 15.0 Å². The summed E-state index contributed by atoms with van der Waals surface area (Å²) >= 11 is 7.54. The molecule has 1 saturated carbocycles. The van der Waals surface area contributed by atoms with E-state index in [0.29, 0.717) is 15.9 Å². The number of halogens is 1. The molecule has 0 radical (unpaired) electrons. The Kier molecular flexibility index (Phi) is 5.11. The monoisotopic (exact) mass is 417 g/mol. The SMILES string of the molecule is C=C1CCC2(CCN(c3cnc(Sc4ccnc(N)c4Cl)c(N)n3)CC2)[C@@H]1N. The van der Waals surface area contributed by atoms with Gasteiger partial charge in [-0.3, -0.25) is 0 Å². The van der Waals surface area contributed by atoms with Crippen LogP contribution in [-0.2, 0) is 0 Å². The van der Waals surface area contributed by atoms with Crippen molar-refractivity contribution < 1.29 is 0 Å². The minimum Gasteiger partial charge on any atom is -0.382 e. The Balaban J connectivity index is 1.47. The highest BCUT2D eigenvalue weighted by Gasteiger charge is 2.44. The molecule has 3 heterocycles. The highest BCUT2D eigenvalue weighted by Crippen LogP contribution is 2.47. The van der Waals surface area contributed by atoms with Crippen LogP contribution in [-0.4, -0.2) is 34.1 Å². The Bertz CT molecular complexity index is 911. The lowest BCUT2D eigenvalue weighted by Crippen LogP contribution is -2.47. The van der Waals surface area contributed by atoms with Crippen molar-refractivity contribution >= 4 is 40.8 Å². The molecule has 0 unspecified atom stereocenters. The molecule has 148 valence electrons.